The Labute approximate surface area is 235 Å². The van der Waals surface area contributed by atoms with Crippen molar-refractivity contribution in [3.05, 3.63) is 101 Å². The molecule has 10 heteroatoms. The van der Waals surface area contributed by atoms with Crippen LogP contribution in [0.1, 0.15) is 36.6 Å². The topological polar surface area (TPSA) is 39.5 Å². The van der Waals surface area contributed by atoms with Crippen molar-refractivity contribution in [2.45, 2.75) is 59.2 Å². The van der Waals surface area contributed by atoms with Crippen molar-refractivity contribution in [2.75, 3.05) is 0 Å². The van der Waals surface area contributed by atoms with E-state index in [2.05, 4.69) is 25.9 Å². The van der Waals surface area contributed by atoms with Gasteiger partial charge in [0.2, 0.25) is 0 Å². The van der Waals surface area contributed by atoms with E-state index >= 15 is 0 Å². The molecule has 4 aromatic rings. The summed E-state index contributed by atoms with van der Waals surface area (Å²) in [5.74, 6) is 0.942. The van der Waals surface area contributed by atoms with Gasteiger partial charge in [-0.2, -0.15) is 17.6 Å². The molecule has 0 atom stereocenters. The molecular weight excluding hydrogens is 546 g/mol. The minimum absolute atomic E-state index is 0.0770. The average molecular weight is 576 g/mol. The van der Waals surface area contributed by atoms with E-state index in [1.165, 1.54) is 24.3 Å². The lowest BCUT2D eigenvalue weighted by Gasteiger charge is -2.24. The van der Waals surface area contributed by atoms with Crippen LogP contribution in [0.4, 0.5) is 17.6 Å². The lowest BCUT2D eigenvalue weighted by atomic mass is 10.1. The number of imidazole rings is 1. The summed E-state index contributed by atoms with van der Waals surface area (Å²) in [5.41, 5.74) is 3.56. The van der Waals surface area contributed by atoms with E-state index in [0.29, 0.717) is 24.8 Å². The monoisotopic (exact) mass is 575 g/mol. The Balaban J connectivity index is 1.64. The number of alkyl halides is 4. The zero-order valence-corrected chi connectivity index (χ0v) is 22.7. The van der Waals surface area contributed by atoms with Gasteiger partial charge in [-0.05, 0) is 41.8 Å². The first-order chi connectivity index (χ1) is 19.3. The Kier molecular flexibility index (Phi) is 10.4. The molecule has 0 radical (unpaired) electrons. The summed E-state index contributed by atoms with van der Waals surface area (Å²) in [4.78, 5) is 6.84. The fourth-order valence-electron chi connectivity index (χ4n) is 4.42. The van der Waals surface area contributed by atoms with Gasteiger partial charge in [-0.3, -0.25) is 4.90 Å². The van der Waals surface area contributed by atoms with Gasteiger partial charge in [0.25, 0.3) is 0 Å². The van der Waals surface area contributed by atoms with Gasteiger partial charge in [0.15, 0.2) is 5.15 Å². The van der Waals surface area contributed by atoms with E-state index in [1.807, 2.05) is 30.3 Å². The number of unbranched alkanes of at least 4 members (excludes halogenated alkanes) is 1. The second-order valence-electron chi connectivity index (χ2n) is 9.23. The second kappa shape index (κ2) is 14.2. The molecule has 0 amide bonds. The Hall–Kier alpha value is -3.56. The van der Waals surface area contributed by atoms with Gasteiger partial charge in [-0.1, -0.05) is 79.5 Å². The van der Waals surface area contributed by atoms with Gasteiger partial charge in [-0.15, -0.1) is 0 Å². The standard InChI is InChI=1S/C30H30ClF4N3O2/c1-2-3-17-38-26(27(31)36-28(38)23-7-5-4-6-8-23)20-37(18-21-9-13-24(14-10-21)39-29(32)33)19-22-11-15-25(16-12-22)40-30(34)35/h4-16,29-30H,2-3,17-20H2,1H3. The molecule has 3 aromatic carbocycles. The molecule has 0 N–H and O–H groups in total. The van der Waals surface area contributed by atoms with E-state index in [4.69, 9.17) is 16.6 Å². The molecule has 0 aliphatic rings. The molecule has 0 saturated carbocycles. The van der Waals surface area contributed by atoms with Crippen LogP contribution in [0.2, 0.25) is 5.15 Å². The van der Waals surface area contributed by atoms with Crippen LogP contribution in [0.5, 0.6) is 11.5 Å². The molecule has 0 bridgehead atoms. The van der Waals surface area contributed by atoms with E-state index in [0.717, 1.165) is 47.6 Å². The normalized spacial score (nSPS) is 11.5. The zero-order chi connectivity index (χ0) is 28.5. The van der Waals surface area contributed by atoms with Crippen LogP contribution in [0, 0.1) is 0 Å². The van der Waals surface area contributed by atoms with Crippen LogP contribution in [-0.4, -0.2) is 27.7 Å². The Bertz CT molecular complexity index is 1280. The molecule has 0 spiro atoms. The van der Waals surface area contributed by atoms with Gasteiger partial charge in [0.05, 0.1) is 5.69 Å². The first kappa shape index (κ1) is 29.4. The molecule has 5 nitrogen and oxygen atoms in total. The third kappa shape index (κ3) is 8.22. The maximum atomic E-state index is 12.6. The predicted octanol–water partition coefficient (Wildman–Crippen LogP) is 8.41. The summed E-state index contributed by atoms with van der Waals surface area (Å²) in [5, 5.41) is 0.404. The highest BCUT2D eigenvalue weighted by Gasteiger charge is 2.20. The number of hydrogen-bond donors (Lipinski definition) is 0. The first-order valence-corrected chi connectivity index (χ1v) is 13.3. The van der Waals surface area contributed by atoms with Crippen LogP contribution in [0.25, 0.3) is 11.4 Å². The summed E-state index contributed by atoms with van der Waals surface area (Å²) >= 11 is 6.73. The number of benzene rings is 3. The van der Waals surface area contributed by atoms with Gasteiger partial charge in [0, 0.05) is 31.7 Å². The summed E-state index contributed by atoms with van der Waals surface area (Å²) < 4.78 is 61.5. The minimum atomic E-state index is -2.90. The number of rotatable bonds is 14. The summed E-state index contributed by atoms with van der Waals surface area (Å²) in [6, 6.07) is 22.8. The van der Waals surface area contributed by atoms with E-state index in [1.54, 1.807) is 24.3 Å². The molecule has 0 aliphatic carbocycles. The number of aromatic nitrogens is 2. The average Bonchev–Trinajstić information content (AvgIpc) is 3.24. The largest absolute Gasteiger partial charge is 0.435 e. The highest BCUT2D eigenvalue weighted by molar-refractivity contribution is 6.30. The van der Waals surface area contributed by atoms with E-state index in [9.17, 15) is 17.6 Å². The third-order valence-electron chi connectivity index (χ3n) is 6.27. The first-order valence-electron chi connectivity index (χ1n) is 12.9. The maximum absolute atomic E-state index is 12.6. The van der Waals surface area contributed by atoms with Crippen molar-refractivity contribution in [1.82, 2.24) is 14.5 Å². The highest BCUT2D eigenvalue weighted by Crippen LogP contribution is 2.29. The van der Waals surface area contributed by atoms with Crippen molar-refractivity contribution in [2.24, 2.45) is 0 Å². The Morgan fingerprint density at radius 1 is 0.775 bits per heavy atom. The van der Waals surface area contributed by atoms with Gasteiger partial charge < -0.3 is 14.0 Å². The number of nitrogens with zero attached hydrogens (tertiary/aromatic N) is 3. The van der Waals surface area contributed by atoms with Crippen molar-refractivity contribution < 1.29 is 27.0 Å². The molecule has 0 unspecified atom stereocenters. The smallest absolute Gasteiger partial charge is 0.387 e. The van der Waals surface area contributed by atoms with E-state index in [-0.39, 0.29) is 11.5 Å². The molecular formula is C30H30ClF4N3O2. The van der Waals surface area contributed by atoms with Crippen LogP contribution in [0.15, 0.2) is 78.9 Å². The number of halogens is 5. The molecule has 40 heavy (non-hydrogen) atoms. The summed E-state index contributed by atoms with van der Waals surface area (Å²) in [6.45, 7) is -1.58. The van der Waals surface area contributed by atoms with Gasteiger partial charge >= 0.3 is 13.2 Å². The van der Waals surface area contributed by atoms with Crippen molar-refractivity contribution in [1.29, 1.82) is 0 Å². The van der Waals surface area contributed by atoms with Gasteiger partial charge in [0.1, 0.15) is 17.3 Å². The van der Waals surface area contributed by atoms with Crippen LogP contribution in [-0.2, 0) is 26.2 Å². The molecule has 1 aromatic heterocycles. The maximum Gasteiger partial charge on any atom is 0.387 e. The molecule has 4 rings (SSSR count). The Morgan fingerprint density at radius 3 is 1.77 bits per heavy atom. The third-order valence-corrected chi connectivity index (χ3v) is 6.58. The van der Waals surface area contributed by atoms with Crippen molar-refractivity contribution in [3.63, 3.8) is 0 Å². The van der Waals surface area contributed by atoms with Gasteiger partial charge in [-0.25, -0.2) is 4.98 Å². The zero-order valence-electron chi connectivity index (χ0n) is 22.0. The van der Waals surface area contributed by atoms with E-state index < -0.39 is 13.2 Å². The number of ether oxygens (including phenoxy) is 2. The molecule has 1 heterocycles. The van der Waals surface area contributed by atoms with Crippen molar-refractivity contribution in [3.8, 4) is 22.9 Å². The van der Waals surface area contributed by atoms with Crippen LogP contribution >= 0.6 is 11.6 Å². The minimum Gasteiger partial charge on any atom is -0.435 e. The quantitative estimate of drug-likeness (QED) is 0.142. The lowest BCUT2D eigenvalue weighted by molar-refractivity contribution is -0.0505. The Morgan fingerprint density at radius 2 is 1.30 bits per heavy atom. The van der Waals surface area contributed by atoms with Crippen LogP contribution in [0.3, 0.4) is 0 Å². The fraction of sp³-hybridized carbons (Fsp3) is 0.300. The summed E-state index contributed by atoms with van der Waals surface area (Å²) in [7, 11) is 0. The molecule has 212 valence electrons. The predicted molar refractivity (Wildman–Crippen MR) is 147 cm³/mol. The summed E-state index contributed by atoms with van der Waals surface area (Å²) in [6.07, 6.45) is 1.93. The number of hydrogen-bond acceptors (Lipinski definition) is 4. The molecule has 0 aliphatic heterocycles. The lowest BCUT2D eigenvalue weighted by Crippen LogP contribution is -2.24. The SMILES string of the molecule is CCCCn1c(-c2ccccc2)nc(Cl)c1CN(Cc1ccc(OC(F)F)cc1)Cc1ccc(OC(F)F)cc1. The van der Waals surface area contributed by atoms with Crippen LogP contribution < -0.4 is 9.47 Å². The second-order valence-corrected chi connectivity index (χ2v) is 9.59. The molecule has 0 fully saturated rings. The molecule has 0 saturated heterocycles. The fourth-order valence-corrected chi connectivity index (χ4v) is 4.66. The highest BCUT2D eigenvalue weighted by atomic mass is 35.5. The van der Waals surface area contributed by atoms with Crippen molar-refractivity contribution >= 4 is 11.6 Å².